The lowest BCUT2D eigenvalue weighted by Gasteiger charge is -2.37. The van der Waals surface area contributed by atoms with Gasteiger partial charge in [-0.05, 0) is 60.6 Å². The van der Waals surface area contributed by atoms with Gasteiger partial charge >= 0.3 is 6.18 Å². The molecule has 0 unspecified atom stereocenters. The van der Waals surface area contributed by atoms with Crippen molar-refractivity contribution in [2.75, 3.05) is 31.1 Å². The monoisotopic (exact) mass is 485 g/mol. The molecule has 2 aromatic rings. The van der Waals surface area contributed by atoms with E-state index in [1.807, 2.05) is 4.90 Å². The van der Waals surface area contributed by atoms with Crippen molar-refractivity contribution in [3.8, 4) is 6.07 Å². The Kier molecular flexibility index (Phi) is 6.96. The van der Waals surface area contributed by atoms with Crippen LogP contribution in [0.15, 0.2) is 42.7 Å². The molecule has 0 spiro atoms. The number of piperidine rings is 1. The zero-order chi connectivity index (χ0) is 25.2. The number of benzene rings is 1. The van der Waals surface area contributed by atoms with Gasteiger partial charge in [0.2, 0.25) is 11.8 Å². The van der Waals surface area contributed by atoms with Crippen molar-refractivity contribution in [2.45, 2.75) is 25.4 Å². The minimum Gasteiger partial charge on any atom is -0.372 e. The summed E-state index contributed by atoms with van der Waals surface area (Å²) < 4.78 is 40.1. The number of pyridine rings is 1. The van der Waals surface area contributed by atoms with Crippen molar-refractivity contribution in [3.63, 3.8) is 0 Å². The Labute approximate surface area is 201 Å². The summed E-state index contributed by atoms with van der Waals surface area (Å²) in [5.74, 6) is -0.899. The van der Waals surface area contributed by atoms with Crippen LogP contribution in [0.5, 0.6) is 0 Å². The van der Waals surface area contributed by atoms with Crippen LogP contribution in [0.1, 0.15) is 29.5 Å². The first-order valence-electron chi connectivity index (χ1n) is 11.5. The van der Waals surface area contributed by atoms with Gasteiger partial charge in [0.15, 0.2) is 0 Å². The number of halogens is 3. The summed E-state index contributed by atoms with van der Waals surface area (Å²) >= 11 is 0. The van der Waals surface area contributed by atoms with Crippen molar-refractivity contribution < 1.29 is 22.8 Å². The van der Waals surface area contributed by atoms with Gasteiger partial charge < -0.3 is 15.5 Å². The molecule has 2 fully saturated rings. The third kappa shape index (κ3) is 5.39. The summed E-state index contributed by atoms with van der Waals surface area (Å²) in [6, 6.07) is 8.93. The van der Waals surface area contributed by atoms with Crippen molar-refractivity contribution in [1.82, 2.24) is 9.88 Å². The summed E-state index contributed by atoms with van der Waals surface area (Å²) in [6.45, 7) is 1.76. The van der Waals surface area contributed by atoms with E-state index in [1.165, 1.54) is 12.1 Å². The quantitative estimate of drug-likeness (QED) is 0.701. The van der Waals surface area contributed by atoms with Gasteiger partial charge in [-0.2, -0.15) is 18.4 Å². The normalized spacial score (nSPS) is 21.1. The van der Waals surface area contributed by atoms with Gasteiger partial charge in [0.1, 0.15) is 0 Å². The fraction of sp³-hybridized carbons (Fsp3) is 0.440. The molecule has 10 heteroatoms. The molecule has 2 saturated heterocycles. The molecule has 2 atom stereocenters. The highest BCUT2D eigenvalue weighted by Gasteiger charge is 2.43. The molecule has 2 N–H and O–H groups in total. The summed E-state index contributed by atoms with van der Waals surface area (Å²) in [5, 5.41) is 9.02. The fourth-order valence-corrected chi connectivity index (χ4v) is 5.25. The second-order valence-electron chi connectivity index (χ2n) is 9.17. The SMILES string of the molecule is N#Cc1ccc(N2CCC([C@@H]3CN(C(=O)Cc4ccncc4)C[C@H]3C(N)=O)CC2)cc1C(F)(F)F. The second kappa shape index (κ2) is 9.94. The predicted octanol–water partition coefficient (Wildman–Crippen LogP) is 2.99. The Bertz CT molecular complexity index is 1120. The lowest BCUT2D eigenvalue weighted by Crippen LogP contribution is -2.40. The van der Waals surface area contributed by atoms with E-state index in [0.29, 0.717) is 38.2 Å². The molecule has 2 amide bonds. The van der Waals surface area contributed by atoms with Gasteiger partial charge in [-0.1, -0.05) is 0 Å². The van der Waals surface area contributed by atoms with Crippen LogP contribution >= 0.6 is 0 Å². The number of likely N-dealkylation sites (tertiary alicyclic amines) is 1. The molecule has 0 aliphatic carbocycles. The van der Waals surface area contributed by atoms with Crippen LogP contribution in [0, 0.1) is 29.1 Å². The van der Waals surface area contributed by atoms with Crippen molar-refractivity contribution >= 4 is 17.5 Å². The standard InChI is InChI=1S/C25H26F3N5O2/c26-25(27,28)22-12-19(2-1-18(22)13-29)32-9-5-17(6-10-32)20-14-33(15-21(20)24(30)35)23(34)11-16-3-7-31-8-4-16/h1-4,7-8,12,17,20-21H,5-6,9-11,14-15H2,(H2,30,35)/t20-,21+/m0/s1. The molecule has 2 aliphatic rings. The Morgan fingerprint density at radius 1 is 1.11 bits per heavy atom. The molecule has 7 nitrogen and oxygen atoms in total. The van der Waals surface area contributed by atoms with Crippen molar-refractivity contribution in [2.24, 2.45) is 23.5 Å². The van der Waals surface area contributed by atoms with Crippen LogP contribution in [0.3, 0.4) is 0 Å². The van der Waals surface area contributed by atoms with E-state index in [-0.39, 0.29) is 30.7 Å². The maximum absolute atomic E-state index is 13.4. The first-order valence-corrected chi connectivity index (χ1v) is 11.5. The first-order chi connectivity index (χ1) is 16.7. The number of alkyl halides is 3. The van der Waals surface area contributed by atoms with Crippen molar-refractivity contribution in [3.05, 3.63) is 59.4 Å². The Balaban J connectivity index is 1.42. The Morgan fingerprint density at radius 2 is 1.80 bits per heavy atom. The number of carbonyl (C=O) groups is 2. The average Bonchev–Trinajstić information content (AvgIpc) is 3.30. The molecular weight excluding hydrogens is 459 g/mol. The number of amides is 2. The Morgan fingerprint density at radius 3 is 2.40 bits per heavy atom. The summed E-state index contributed by atoms with van der Waals surface area (Å²) in [7, 11) is 0. The van der Waals surface area contributed by atoms with Crippen LogP contribution in [-0.4, -0.2) is 47.9 Å². The minimum absolute atomic E-state index is 0.0698. The number of anilines is 1. The number of aromatic nitrogens is 1. The molecule has 0 radical (unpaired) electrons. The number of hydrogen-bond acceptors (Lipinski definition) is 5. The molecule has 0 bridgehead atoms. The highest BCUT2D eigenvalue weighted by Crippen LogP contribution is 2.39. The molecule has 1 aromatic carbocycles. The summed E-state index contributed by atoms with van der Waals surface area (Å²) in [4.78, 5) is 32.6. The van der Waals surface area contributed by atoms with E-state index in [9.17, 15) is 22.8 Å². The number of nitriles is 1. The van der Waals surface area contributed by atoms with Crippen LogP contribution in [-0.2, 0) is 22.2 Å². The van der Waals surface area contributed by atoms with Gasteiger partial charge in [-0.15, -0.1) is 0 Å². The smallest absolute Gasteiger partial charge is 0.372 e. The molecule has 1 aromatic heterocycles. The lowest BCUT2D eigenvalue weighted by molar-refractivity contribution is -0.137. The number of nitrogens with zero attached hydrogens (tertiary/aromatic N) is 4. The fourth-order valence-electron chi connectivity index (χ4n) is 5.25. The maximum atomic E-state index is 13.4. The zero-order valence-corrected chi connectivity index (χ0v) is 19.0. The van der Waals surface area contributed by atoms with E-state index in [2.05, 4.69) is 4.98 Å². The van der Waals surface area contributed by atoms with Crippen LogP contribution in [0.4, 0.5) is 18.9 Å². The topological polar surface area (TPSA) is 103 Å². The Hall–Kier alpha value is -3.61. The van der Waals surface area contributed by atoms with E-state index >= 15 is 0 Å². The van der Waals surface area contributed by atoms with E-state index in [0.717, 1.165) is 11.6 Å². The molecule has 0 saturated carbocycles. The third-order valence-corrected chi connectivity index (χ3v) is 7.13. The van der Waals surface area contributed by atoms with Crippen LogP contribution in [0.25, 0.3) is 0 Å². The third-order valence-electron chi connectivity index (χ3n) is 7.13. The minimum atomic E-state index is -4.61. The number of rotatable bonds is 5. The molecule has 2 aliphatic heterocycles. The predicted molar refractivity (Wildman–Crippen MR) is 122 cm³/mol. The molecule has 184 valence electrons. The van der Waals surface area contributed by atoms with E-state index < -0.39 is 29.1 Å². The molecule has 35 heavy (non-hydrogen) atoms. The van der Waals surface area contributed by atoms with Crippen LogP contribution < -0.4 is 10.6 Å². The van der Waals surface area contributed by atoms with E-state index in [4.69, 9.17) is 11.0 Å². The van der Waals surface area contributed by atoms with Crippen molar-refractivity contribution in [1.29, 1.82) is 5.26 Å². The largest absolute Gasteiger partial charge is 0.417 e. The lowest BCUT2D eigenvalue weighted by atomic mass is 9.78. The van der Waals surface area contributed by atoms with E-state index in [1.54, 1.807) is 35.5 Å². The summed E-state index contributed by atoms with van der Waals surface area (Å²) in [6.07, 6.45) is 0.204. The van der Waals surface area contributed by atoms with Gasteiger partial charge in [-0.25, -0.2) is 0 Å². The number of primary amides is 1. The number of hydrogen-bond donors (Lipinski definition) is 1. The number of carbonyl (C=O) groups excluding carboxylic acids is 2. The maximum Gasteiger partial charge on any atom is 0.417 e. The van der Waals surface area contributed by atoms with Crippen LogP contribution in [0.2, 0.25) is 0 Å². The average molecular weight is 486 g/mol. The molecule has 4 rings (SSSR count). The second-order valence-corrected chi connectivity index (χ2v) is 9.17. The zero-order valence-electron chi connectivity index (χ0n) is 19.0. The number of nitrogens with two attached hydrogens (primary N) is 1. The van der Waals surface area contributed by atoms with Gasteiger partial charge in [-0.3, -0.25) is 14.6 Å². The molecule has 3 heterocycles. The highest BCUT2D eigenvalue weighted by atomic mass is 19.4. The van der Waals surface area contributed by atoms with Gasteiger partial charge in [0.25, 0.3) is 0 Å². The molecular formula is C25H26F3N5O2. The van der Waals surface area contributed by atoms with Gasteiger partial charge in [0.05, 0.1) is 29.5 Å². The highest BCUT2D eigenvalue weighted by molar-refractivity contribution is 5.82. The summed E-state index contributed by atoms with van der Waals surface area (Å²) in [5.41, 5.74) is 5.61. The van der Waals surface area contributed by atoms with Gasteiger partial charge in [0, 0.05) is 44.3 Å². The first kappa shape index (κ1) is 24.5.